The molecule has 0 spiro atoms. The Morgan fingerprint density at radius 1 is 1.24 bits per heavy atom. The van der Waals surface area contributed by atoms with E-state index in [9.17, 15) is 28.2 Å². The Kier molecular flexibility index (Phi) is 11.1. The molecule has 34 heavy (non-hydrogen) atoms. The molecule has 1 fully saturated rings. The van der Waals surface area contributed by atoms with E-state index in [1.807, 2.05) is 32.1 Å². The fourth-order valence-corrected chi connectivity index (χ4v) is 3.98. The monoisotopic (exact) mass is 484 g/mol. The Bertz CT molecular complexity index is 819. The van der Waals surface area contributed by atoms with Crippen molar-refractivity contribution >= 4 is 5.97 Å². The molecule has 2 N–H and O–H groups in total. The maximum atomic E-state index is 12.8. The van der Waals surface area contributed by atoms with Crippen LogP contribution in [-0.4, -0.2) is 41.1 Å². The first-order valence-corrected chi connectivity index (χ1v) is 11.7. The Morgan fingerprint density at radius 2 is 2.00 bits per heavy atom. The summed E-state index contributed by atoms with van der Waals surface area (Å²) in [6, 6.07) is 4.54. The van der Waals surface area contributed by atoms with Gasteiger partial charge in [-0.1, -0.05) is 30.4 Å². The number of ether oxygens (including phenoxy) is 2. The van der Waals surface area contributed by atoms with Crippen LogP contribution in [0.5, 0.6) is 5.75 Å². The minimum absolute atomic E-state index is 0.0231. The molecule has 1 saturated carbocycles. The molecule has 0 amide bonds. The van der Waals surface area contributed by atoms with Crippen LogP contribution in [0.3, 0.4) is 0 Å². The molecular weight excluding hydrogens is 449 g/mol. The average molecular weight is 485 g/mol. The van der Waals surface area contributed by atoms with Gasteiger partial charge in [-0.05, 0) is 76.0 Å². The minimum Gasteiger partial charge on any atom is -0.491 e. The lowest BCUT2D eigenvalue weighted by Crippen LogP contribution is -2.19. The quantitative estimate of drug-likeness (QED) is 0.234. The number of esters is 1. The average Bonchev–Trinajstić information content (AvgIpc) is 3.11. The molecule has 1 aromatic rings. The van der Waals surface area contributed by atoms with Gasteiger partial charge in [0.05, 0.1) is 17.8 Å². The van der Waals surface area contributed by atoms with E-state index in [0.717, 1.165) is 25.0 Å². The molecule has 5 nitrogen and oxygen atoms in total. The van der Waals surface area contributed by atoms with E-state index >= 15 is 0 Å². The molecule has 0 saturated heterocycles. The topological polar surface area (TPSA) is 76.0 Å². The molecule has 0 aromatic heterocycles. The van der Waals surface area contributed by atoms with Gasteiger partial charge in [-0.2, -0.15) is 13.2 Å². The summed E-state index contributed by atoms with van der Waals surface area (Å²) in [4.78, 5) is 11.5. The highest BCUT2D eigenvalue weighted by Gasteiger charge is 2.32. The first-order valence-electron chi connectivity index (χ1n) is 11.7. The van der Waals surface area contributed by atoms with E-state index in [2.05, 4.69) is 0 Å². The van der Waals surface area contributed by atoms with Gasteiger partial charge in [-0.3, -0.25) is 4.79 Å². The number of carbonyl (C=O) groups excluding carboxylic acids is 1. The highest BCUT2D eigenvalue weighted by molar-refractivity contribution is 5.69. The van der Waals surface area contributed by atoms with E-state index in [4.69, 9.17) is 9.47 Å². The highest BCUT2D eigenvalue weighted by atomic mass is 19.4. The number of aliphatic hydroxyl groups is 2. The summed E-state index contributed by atoms with van der Waals surface area (Å²) in [6.45, 7) is 3.47. The molecular formula is C26H35F3O5. The maximum Gasteiger partial charge on any atom is 0.416 e. The minimum atomic E-state index is -4.45. The van der Waals surface area contributed by atoms with Crippen molar-refractivity contribution in [3.63, 3.8) is 0 Å². The molecule has 190 valence electrons. The molecule has 0 heterocycles. The van der Waals surface area contributed by atoms with Gasteiger partial charge >= 0.3 is 12.1 Å². The summed E-state index contributed by atoms with van der Waals surface area (Å²) in [6.07, 6.45) is 5.46. The van der Waals surface area contributed by atoms with Crippen LogP contribution in [0.15, 0.2) is 48.6 Å². The number of rotatable bonds is 12. The SMILES string of the molecule is CC(C)OC(=O)CCCC=CCC1C(O)CCC1C=CC(O)COc1cccc(C(F)(F)F)c1. The van der Waals surface area contributed by atoms with Gasteiger partial charge in [0.2, 0.25) is 0 Å². The number of benzene rings is 1. The maximum absolute atomic E-state index is 12.8. The Balaban J connectivity index is 1.77. The van der Waals surface area contributed by atoms with Crippen molar-refractivity contribution < 1.29 is 37.7 Å². The van der Waals surface area contributed by atoms with Crippen molar-refractivity contribution in [3.8, 4) is 5.75 Å². The van der Waals surface area contributed by atoms with Crippen LogP contribution in [0.4, 0.5) is 13.2 Å². The second-order valence-corrected chi connectivity index (χ2v) is 8.90. The predicted octanol–water partition coefficient (Wildman–Crippen LogP) is 5.46. The smallest absolute Gasteiger partial charge is 0.416 e. The van der Waals surface area contributed by atoms with Crippen molar-refractivity contribution in [2.24, 2.45) is 11.8 Å². The largest absolute Gasteiger partial charge is 0.491 e. The van der Waals surface area contributed by atoms with Gasteiger partial charge in [-0.25, -0.2) is 0 Å². The Labute approximate surface area is 199 Å². The Morgan fingerprint density at radius 3 is 2.71 bits per heavy atom. The zero-order valence-corrected chi connectivity index (χ0v) is 19.7. The van der Waals surface area contributed by atoms with Crippen LogP contribution in [0, 0.1) is 11.8 Å². The van der Waals surface area contributed by atoms with E-state index in [-0.39, 0.29) is 36.3 Å². The zero-order chi connectivity index (χ0) is 25.1. The summed E-state index contributed by atoms with van der Waals surface area (Å²) in [5, 5.41) is 20.5. The summed E-state index contributed by atoms with van der Waals surface area (Å²) in [7, 11) is 0. The molecule has 1 aliphatic rings. The number of halogens is 3. The van der Waals surface area contributed by atoms with E-state index in [0.29, 0.717) is 25.7 Å². The van der Waals surface area contributed by atoms with Crippen molar-refractivity contribution in [1.82, 2.24) is 0 Å². The summed E-state index contributed by atoms with van der Waals surface area (Å²) in [5.41, 5.74) is -0.804. The van der Waals surface area contributed by atoms with Gasteiger partial charge in [0.25, 0.3) is 0 Å². The molecule has 0 bridgehead atoms. The summed E-state index contributed by atoms with van der Waals surface area (Å²) >= 11 is 0. The van der Waals surface area contributed by atoms with Gasteiger partial charge < -0.3 is 19.7 Å². The van der Waals surface area contributed by atoms with Crippen LogP contribution in [0.1, 0.15) is 57.9 Å². The fraction of sp³-hybridized carbons (Fsp3) is 0.577. The third-order valence-corrected chi connectivity index (χ3v) is 5.70. The molecule has 4 atom stereocenters. The molecule has 1 aliphatic carbocycles. The van der Waals surface area contributed by atoms with E-state index in [1.54, 1.807) is 6.08 Å². The number of hydrogen-bond acceptors (Lipinski definition) is 5. The molecule has 2 rings (SSSR count). The lowest BCUT2D eigenvalue weighted by molar-refractivity contribution is -0.147. The first kappa shape index (κ1) is 27.9. The van der Waals surface area contributed by atoms with Crippen molar-refractivity contribution in [2.45, 2.75) is 76.9 Å². The van der Waals surface area contributed by atoms with Crippen molar-refractivity contribution in [2.75, 3.05) is 6.61 Å². The van der Waals surface area contributed by atoms with Crippen LogP contribution in [0.2, 0.25) is 0 Å². The van der Waals surface area contributed by atoms with Gasteiger partial charge in [0, 0.05) is 6.42 Å². The second kappa shape index (κ2) is 13.5. The van der Waals surface area contributed by atoms with Gasteiger partial charge in [0.1, 0.15) is 18.5 Å². The number of alkyl halides is 3. The molecule has 0 radical (unpaired) electrons. The van der Waals surface area contributed by atoms with Crippen LogP contribution >= 0.6 is 0 Å². The number of allylic oxidation sites excluding steroid dienone is 3. The number of hydrogen-bond donors (Lipinski definition) is 2. The normalized spacial score (nSPS) is 22.1. The fourth-order valence-electron chi connectivity index (χ4n) is 3.98. The highest BCUT2D eigenvalue weighted by Crippen LogP contribution is 2.36. The second-order valence-electron chi connectivity index (χ2n) is 8.90. The summed E-state index contributed by atoms with van der Waals surface area (Å²) in [5.74, 6) is -0.0478. The number of carbonyl (C=O) groups is 1. The molecule has 8 heteroatoms. The molecule has 1 aromatic carbocycles. The lowest BCUT2D eigenvalue weighted by Gasteiger charge is -2.18. The van der Waals surface area contributed by atoms with Crippen LogP contribution in [0.25, 0.3) is 0 Å². The third-order valence-electron chi connectivity index (χ3n) is 5.70. The van der Waals surface area contributed by atoms with Crippen molar-refractivity contribution in [3.05, 3.63) is 54.1 Å². The van der Waals surface area contributed by atoms with Crippen LogP contribution in [-0.2, 0) is 15.7 Å². The zero-order valence-electron chi connectivity index (χ0n) is 19.7. The van der Waals surface area contributed by atoms with Gasteiger partial charge in [-0.15, -0.1) is 0 Å². The predicted molar refractivity (Wildman–Crippen MR) is 123 cm³/mol. The van der Waals surface area contributed by atoms with Crippen molar-refractivity contribution in [1.29, 1.82) is 0 Å². The Hall–Kier alpha value is -2.32. The molecule has 4 unspecified atom stereocenters. The first-order chi connectivity index (χ1) is 16.1. The van der Waals surface area contributed by atoms with E-state index < -0.39 is 23.9 Å². The number of aliphatic hydroxyl groups excluding tert-OH is 2. The standard InChI is InChI=1S/C26H35F3O5/c1-18(2)34-25(32)11-6-4-3-5-10-23-19(13-15-24(23)31)12-14-21(30)17-33-22-9-7-8-20(16-22)26(27,28)29/h3,5,7-9,12,14,16,18-19,21,23-24,30-31H,4,6,10-11,13,15,17H2,1-2H3. The third kappa shape index (κ3) is 9.89. The summed E-state index contributed by atoms with van der Waals surface area (Å²) < 4.78 is 48.8. The van der Waals surface area contributed by atoms with Gasteiger partial charge in [0.15, 0.2) is 0 Å². The van der Waals surface area contributed by atoms with E-state index in [1.165, 1.54) is 12.1 Å². The molecule has 0 aliphatic heterocycles. The lowest BCUT2D eigenvalue weighted by atomic mass is 9.90. The number of unbranched alkanes of at least 4 members (excludes halogenated alkanes) is 1. The van der Waals surface area contributed by atoms with Crippen LogP contribution < -0.4 is 4.74 Å².